The van der Waals surface area contributed by atoms with Gasteiger partial charge < -0.3 is 0 Å². The van der Waals surface area contributed by atoms with Gasteiger partial charge in [0.25, 0.3) is 0 Å². The normalized spacial score (nSPS) is 47.2. The van der Waals surface area contributed by atoms with E-state index in [2.05, 4.69) is 6.92 Å². The van der Waals surface area contributed by atoms with Crippen LogP contribution in [0.5, 0.6) is 0 Å². The molecule has 0 spiro atoms. The van der Waals surface area contributed by atoms with Crippen LogP contribution in [-0.4, -0.2) is 5.78 Å². The summed E-state index contributed by atoms with van der Waals surface area (Å²) >= 11 is 0. The van der Waals surface area contributed by atoms with Gasteiger partial charge >= 0.3 is 0 Å². The highest BCUT2D eigenvalue weighted by Crippen LogP contribution is 2.56. The lowest BCUT2D eigenvalue weighted by Crippen LogP contribution is -1.97. The minimum Gasteiger partial charge on any atom is -0.299 e. The van der Waals surface area contributed by atoms with Crippen LogP contribution in [0.1, 0.15) is 26.2 Å². The Bertz CT molecular complexity index is 147. The van der Waals surface area contributed by atoms with Gasteiger partial charge in [0, 0.05) is 12.3 Å². The van der Waals surface area contributed by atoms with Gasteiger partial charge in [0.2, 0.25) is 0 Å². The lowest BCUT2D eigenvalue weighted by molar-refractivity contribution is -0.119. The van der Waals surface area contributed by atoms with Crippen molar-refractivity contribution in [3.63, 3.8) is 0 Å². The molecular weight excluding hydrogens is 112 g/mol. The standard InChI is InChI=1S/C8H12O/c1-2-5-6-3-4-7(9)8(5)6/h5-6,8H,2-4H2,1H3/t5-,6+,8-/m0/s1. The molecule has 9 heavy (non-hydrogen) atoms. The largest absolute Gasteiger partial charge is 0.299 e. The second kappa shape index (κ2) is 1.59. The highest BCUT2D eigenvalue weighted by atomic mass is 16.1. The monoisotopic (exact) mass is 124 g/mol. The van der Waals surface area contributed by atoms with Crippen LogP contribution < -0.4 is 0 Å². The first-order valence-corrected chi connectivity index (χ1v) is 3.87. The molecule has 1 nitrogen and oxygen atoms in total. The maximum absolute atomic E-state index is 11.0. The molecule has 0 unspecified atom stereocenters. The fraction of sp³-hybridized carbons (Fsp3) is 0.875. The average molecular weight is 124 g/mol. The van der Waals surface area contributed by atoms with Crippen molar-refractivity contribution in [2.45, 2.75) is 26.2 Å². The maximum atomic E-state index is 11.0. The third-order valence-electron chi connectivity index (χ3n) is 2.90. The van der Waals surface area contributed by atoms with Gasteiger partial charge in [-0.1, -0.05) is 13.3 Å². The van der Waals surface area contributed by atoms with Crippen LogP contribution in [0, 0.1) is 17.8 Å². The fourth-order valence-corrected chi connectivity index (χ4v) is 2.35. The van der Waals surface area contributed by atoms with Crippen molar-refractivity contribution < 1.29 is 4.79 Å². The molecule has 0 saturated heterocycles. The molecule has 50 valence electrons. The number of carbonyl (C=O) groups is 1. The zero-order chi connectivity index (χ0) is 6.43. The maximum Gasteiger partial charge on any atom is 0.136 e. The summed E-state index contributed by atoms with van der Waals surface area (Å²) in [6.45, 7) is 2.19. The zero-order valence-corrected chi connectivity index (χ0v) is 5.76. The summed E-state index contributed by atoms with van der Waals surface area (Å²) in [5.41, 5.74) is 0. The molecular formula is C8H12O. The summed E-state index contributed by atoms with van der Waals surface area (Å²) in [4.78, 5) is 11.0. The van der Waals surface area contributed by atoms with Crippen LogP contribution in [0.3, 0.4) is 0 Å². The van der Waals surface area contributed by atoms with Crippen LogP contribution in [0.25, 0.3) is 0 Å². The van der Waals surface area contributed by atoms with Crippen LogP contribution in [0.2, 0.25) is 0 Å². The Hall–Kier alpha value is -0.330. The zero-order valence-electron chi connectivity index (χ0n) is 5.76. The Morgan fingerprint density at radius 1 is 1.67 bits per heavy atom. The molecule has 2 aliphatic carbocycles. The summed E-state index contributed by atoms with van der Waals surface area (Å²) in [7, 11) is 0. The summed E-state index contributed by atoms with van der Waals surface area (Å²) in [5.74, 6) is 2.69. The van der Waals surface area contributed by atoms with E-state index in [1.165, 1.54) is 12.8 Å². The predicted octanol–water partition coefficient (Wildman–Crippen LogP) is 1.62. The number of ketones is 1. The van der Waals surface area contributed by atoms with Gasteiger partial charge in [-0.05, 0) is 18.3 Å². The quantitative estimate of drug-likeness (QED) is 0.519. The molecule has 2 rings (SSSR count). The molecule has 1 heteroatoms. The number of Topliss-reactive ketones (excluding diaryl/α,β-unsaturated/α-hetero) is 1. The molecule has 0 aromatic rings. The van der Waals surface area contributed by atoms with Gasteiger partial charge in [-0.2, -0.15) is 0 Å². The molecule has 2 saturated carbocycles. The van der Waals surface area contributed by atoms with E-state index in [1.807, 2.05) is 0 Å². The van der Waals surface area contributed by atoms with Gasteiger partial charge in [0.05, 0.1) is 0 Å². The van der Waals surface area contributed by atoms with Crippen molar-refractivity contribution in [1.29, 1.82) is 0 Å². The van der Waals surface area contributed by atoms with Crippen molar-refractivity contribution in [3.8, 4) is 0 Å². The number of hydrogen-bond acceptors (Lipinski definition) is 1. The molecule has 2 fully saturated rings. The second-order valence-corrected chi connectivity index (χ2v) is 3.27. The highest BCUT2D eigenvalue weighted by Gasteiger charge is 2.56. The predicted molar refractivity (Wildman–Crippen MR) is 35.0 cm³/mol. The Kier molecular flexibility index (Phi) is 0.961. The topological polar surface area (TPSA) is 17.1 Å². The first-order chi connectivity index (χ1) is 4.34. The molecule has 3 atom stereocenters. The SMILES string of the molecule is CC[C@H]1[C@H]2CCC(=O)[C@H]21. The van der Waals surface area contributed by atoms with Gasteiger partial charge in [-0.15, -0.1) is 0 Å². The molecule has 2 aliphatic rings. The fourth-order valence-electron chi connectivity index (χ4n) is 2.35. The second-order valence-electron chi connectivity index (χ2n) is 3.27. The van der Waals surface area contributed by atoms with E-state index in [0.717, 1.165) is 18.3 Å². The third-order valence-corrected chi connectivity index (χ3v) is 2.90. The number of rotatable bonds is 1. The van der Waals surface area contributed by atoms with E-state index in [0.29, 0.717) is 11.7 Å². The van der Waals surface area contributed by atoms with Crippen LogP contribution in [0.4, 0.5) is 0 Å². The van der Waals surface area contributed by atoms with Gasteiger partial charge in [-0.25, -0.2) is 0 Å². The minimum atomic E-state index is 0.523. The van der Waals surface area contributed by atoms with Gasteiger partial charge in [0.15, 0.2) is 0 Å². The third kappa shape index (κ3) is 0.577. The molecule has 0 heterocycles. The van der Waals surface area contributed by atoms with E-state index in [4.69, 9.17) is 0 Å². The number of fused-ring (bicyclic) bond motifs is 1. The molecule has 0 radical (unpaired) electrons. The van der Waals surface area contributed by atoms with E-state index in [-0.39, 0.29) is 0 Å². The van der Waals surface area contributed by atoms with E-state index < -0.39 is 0 Å². The molecule has 0 amide bonds. The van der Waals surface area contributed by atoms with E-state index in [1.54, 1.807) is 0 Å². The lowest BCUT2D eigenvalue weighted by Gasteiger charge is -1.94. The first-order valence-electron chi connectivity index (χ1n) is 3.87. The molecule has 0 bridgehead atoms. The highest BCUT2D eigenvalue weighted by molar-refractivity contribution is 5.87. The van der Waals surface area contributed by atoms with Crippen molar-refractivity contribution in [3.05, 3.63) is 0 Å². The van der Waals surface area contributed by atoms with Gasteiger partial charge in [0.1, 0.15) is 5.78 Å². The number of hydrogen-bond donors (Lipinski definition) is 0. The first kappa shape index (κ1) is 5.45. The molecule has 0 aromatic carbocycles. The van der Waals surface area contributed by atoms with E-state index >= 15 is 0 Å². The van der Waals surface area contributed by atoms with Crippen molar-refractivity contribution in [2.24, 2.45) is 17.8 Å². The summed E-state index contributed by atoms with van der Waals surface area (Å²) in [6, 6.07) is 0. The van der Waals surface area contributed by atoms with Crippen molar-refractivity contribution in [2.75, 3.05) is 0 Å². The van der Waals surface area contributed by atoms with E-state index in [9.17, 15) is 4.79 Å². The lowest BCUT2D eigenvalue weighted by atomic mass is 10.1. The van der Waals surface area contributed by atoms with Crippen molar-refractivity contribution in [1.82, 2.24) is 0 Å². The summed E-state index contributed by atoms with van der Waals surface area (Å²) in [6.07, 6.45) is 3.30. The smallest absolute Gasteiger partial charge is 0.136 e. The molecule has 0 aliphatic heterocycles. The summed E-state index contributed by atoms with van der Waals surface area (Å²) < 4.78 is 0. The van der Waals surface area contributed by atoms with Gasteiger partial charge in [-0.3, -0.25) is 4.79 Å². The minimum absolute atomic E-state index is 0.523. The number of carbonyl (C=O) groups excluding carboxylic acids is 1. The molecule has 0 N–H and O–H groups in total. The van der Waals surface area contributed by atoms with Crippen LogP contribution in [-0.2, 0) is 4.79 Å². The Morgan fingerprint density at radius 3 is 2.78 bits per heavy atom. The van der Waals surface area contributed by atoms with Crippen LogP contribution >= 0.6 is 0 Å². The molecule has 0 aromatic heterocycles. The van der Waals surface area contributed by atoms with Crippen LogP contribution in [0.15, 0.2) is 0 Å². The Balaban J connectivity index is 2.06. The Labute approximate surface area is 55.4 Å². The summed E-state index contributed by atoms with van der Waals surface area (Å²) in [5, 5.41) is 0. The van der Waals surface area contributed by atoms with Crippen molar-refractivity contribution >= 4 is 5.78 Å². The average Bonchev–Trinajstić information content (AvgIpc) is 2.46. The Morgan fingerprint density at radius 2 is 2.44 bits per heavy atom.